The number of carbonyl (C=O) groups excluding carboxylic acids is 1. The van der Waals surface area contributed by atoms with Gasteiger partial charge in [0.05, 0.1) is 32.4 Å². The lowest BCUT2D eigenvalue weighted by Gasteiger charge is -2.50. The van der Waals surface area contributed by atoms with Gasteiger partial charge in [0.2, 0.25) is 11.8 Å². The topological polar surface area (TPSA) is 64.8 Å². The standard InChI is InChI=1S/C18H19FN2O4/c19-15-4-1-6-20-17(15)24-10-13-5-8-25-18(13)11-21(12-18)16(22)9-14-3-2-7-23-14/h1-4,6-7,13H,5,8-12H2. The molecule has 2 aromatic rings. The molecule has 0 aliphatic carbocycles. The highest BCUT2D eigenvalue weighted by atomic mass is 19.1. The predicted octanol–water partition coefficient (Wildman–Crippen LogP) is 2.05. The molecule has 4 rings (SSSR count). The number of hydrogen-bond acceptors (Lipinski definition) is 5. The Kier molecular flexibility index (Phi) is 4.17. The van der Waals surface area contributed by atoms with Crippen LogP contribution in [0.15, 0.2) is 41.1 Å². The lowest BCUT2D eigenvalue weighted by molar-refractivity contribution is -0.166. The van der Waals surface area contributed by atoms with E-state index >= 15 is 0 Å². The van der Waals surface area contributed by atoms with Crippen LogP contribution in [-0.2, 0) is 16.0 Å². The summed E-state index contributed by atoms with van der Waals surface area (Å²) < 4.78 is 30.3. The fraction of sp³-hybridized carbons (Fsp3) is 0.444. The first-order valence-electron chi connectivity index (χ1n) is 8.34. The minimum atomic E-state index is -0.473. The van der Waals surface area contributed by atoms with Crippen molar-refractivity contribution in [3.8, 4) is 5.88 Å². The van der Waals surface area contributed by atoms with Gasteiger partial charge in [-0.05, 0) is 30.7 Å². The number of halogens is 1. The molecule has 2 saturated heterocycles. The molecule has 6 nitrogen and oxygen atoms in total. The summed E-state index contributed by atoms with van der Waals surface area (Å²) in [6.45, 7) is 2.02. The second-order valence-electron chi connectivity index (χ2n) is 6.51. The molecule has 1 atom stereocenters. The van der Waals surface area contributed by atoms with Gasteiger partial charge in [-0.25, -0.2) is 9.37 Å². The van der Waals surface area contributed by atoms with E-state index in [2.05, 4.69) is 4.98 Å². The van der Waals surface area contributed by atoms with E-state index in [1.165, 1.54) is 18.3 Å². The molecular formula is C18H19FN2O4. The summed E-state index contributed by atoms with van der Waals surface area (Å²) in [4.78, 5) is 18.0. The van der Waals surface area contributed by atoms with Crippen molar-refractivity contribution in [1.29, 1.82) is 0 Å². The fourth-order valence-corrected chi connectivity index (χ4v) is 3.48. The Balaban J connectivity index is 1.33. The number of ether oxygens (including phenoxy) is 2. The maximum absolute atomic E-state index is 13.6. The Morgan fingerprint density at radius 1 is 1.40 bits per heavy atom. The van der Waals surface area contributed by atoms with Gasteiger partial charge < -0.3 is 18.8 Å². The van der Waals surface area contributed by atoms with Gasteiger partial charge in [0.25, 0.3) is 0 Å². The zero-order valence-electron chi connectivity index (χ0n) is 13.7. The number of pyridine rings is 1. The van der Waals surface area contributed by atoms with Crippen LogP contribution in [0.1, 0.15) is 12.2 Å². The zero-order chi connectivity index (χ0) is 17.3. The van der Waals surface area contributed by atoms with Crippen LogP contribution in [0.25, 0.3) is 0 Å². The van der Waals surface area contributed by atoms with Crippen LogP contribution < -0.4 is 4.74 Å². The highest BCUT2D eigenvalue weighted by Crippen LogP contribution is 2.40. The molecule has 0 bridgehead atoms. The van der Waals surface area contributed by atoms with Gasteiger partial charge in [0, 0.05) is 18.7 Å². The first-order chi connectivity index (χ1) is 12.2. The van der Waals surface area contributed by atoms with Crippen molar-refractivity contribution in [3.05, 3.63) is 48.3 Å². The molecule has 1 amide bonds. The van der Waals surface area contributed by atoms with Gasteiger partial charge in [0.15, 0.2) is 5.82 Å². The first-order valence-corrected chi connectivity index (χ1v) is 8.34. The lowest BCUT2D eigenvalue weighted by Crippen LogP contribution is -2.67. The Morgan fingerprint density at radius 2 is 2.28 bits per heavy atom. The average molecular weight is 346 g/mol. The maximum Gasteiger partial charge on any atom is 0.250 e. The second-order valence-corrected chi connectivity index (χ2v) is 6.51. The number of carbonyl (C=O) groups is 1. The highest BCUT2D eigenvalue weighted by Gasteiger charge is 2.54. The Morgan fingerprint density at radius 3 is 3.04 bits per heavy atom. The zero-order valence-corrected chi connectivity index (χ0v) is 13.7. The third-order valence-corrected chi connectivity index (χ3v) is 4.92. The van der Waals surface area contributed by atoms with E-state index in [0.717, 1.165) is 6.42 Å². The largest absolute Gasteiger partial charge is 0.475 e. The van der Waals surface area contributed by atoms with Crippen LogP contribution >= 0.6 is 0 Å². The normalized spacial score (nSPS) is 21.3. The molecule has 4 heterocycles. The number of hydrogen-bond donors (Lipinski definition) is 0. The molecule has 1 spiro atoms. The van der Waals surface area contributed by atoms with Gasteiger partial charge in [-0.15, -0.1) is 0 Å². The van der Waals surface area contributed by atoms with E-state index in [4.69, 9.17) is 13.9 Å². The van der Waals surface area contributed by atoms with Crippen molar-refractivity contribution in [2.45, 2.75) is 18.4 Å². The van der Waals surface area contributed by atoms with Crippen molar-refractivity contribution in [2.24, 2.45) is 5.92 Å². The minimum Gasteiger partial charge on any atom is -0.475 e. The van der Waals surface area contributed by atoms with Gasteiger partial charge in [0.1, 0.15) is 11.4 Å². The fourth-order valence-electron chi connectivity index (χ4n) is 3.48. The van der Waals surface area contributed by atoms with Gasteiger partial charge in [-0.1, -0.05) is 0 Å². The molecule has 0 saturated carbocycles. The molecule has 25 heavy (non-hydrogen) atoms. The van der Waals surface area contributed by atoms with Crippen molar-refractivity contribution in [2.75, 3.05) is 26.3 Å². The minimum absolute atomic E-state index is 0.00891. The summed E-state index contributed by atoms with van der Waals surface area (Å²) in [6.07, 6.45) is 4.14. The van der Waals surface area contributed by atoms with Crippen LogP contribution in [-0.4, -0.2) is 47.7 Å². The quantitative estimate of drug-likeness (QED) is 0.829. The summed E-state index contributed by atoms with van der Waals surface area (Å²) >= 11 is 0. The SMILES string of the molecule is O=C(Cc1ccco1)N1CC2(C1)OCCC2COc1ncccc1F. The summed E-state index contributed by atoms with van der Waals surface area (Å²) in [7, 11) is 0. The van der Waals surface area contributed by atoms with Gasteiger partial charge in [-0.3, -0.25) is 4.79 Å². The molecule has 132 valence electrons. The van der Waals surface area contributed by atoms with Crippen LogP contribution in [0, 0.1) is 11.7 Å². The third kappa shape index (κ3) is 3.11. The van der Waals surface area contributed by atoms with E-state index < -0.39 is 5.82 Å². The number of amides is 1. The van der Waals surface area contributed by atoms with Crippen LogP contribution in [0.5, 0.6) is 5.88 Å². The number of rotatable bonds is 5. The number of nitrogens with zero attached hydrogens (tertiary/aromatic N) is 2. The van der Waals surface area contributed by atoms with Crippen LogP contribution in [0.3, 0.4) is 0 Å². The first kappa shape index (κ1) is 16.1. The van der Waals surface area contributed by atoms with Crippen LogP contribution in [0.2, 0.25) is 0 Å². The predicted molar refractivity (Wildman–Crippen MR) is 85.5 cm³/mol. The van der Waals surface area contributed by atoms with Crippen molar-refractivity contribution >= 4 is 5.91 Å². The molecule has 2 aliphatic heterocycles. The summed E-state index contributed by atoms with van der Waals surface area (Å²) in [5.74, 6) is 0.325. The average Bonchev–Trinajstić information content (AvgIpc) is 3.22. The Labute approximate surface area is 144 Å². The number of likely N-dealkylation sites (tertiary alicyclic amines) is 1. The molecule has 0 radical (unpaired) electrons. The van der Waals surface area contributed by atoms with Crippen molar-refractivity contribution in [1.82, 2.24) is 9.88 Å². The molecular weight excluding hydrogens is 327 g/mol. The Bertz CT molecular complexity index is 743. The smallest absolute Gasteiger partial charge is 0.250 e. The monoisotopic (exact) mass is 346 g/mol. The lowest BCUT2D eigenvalue weighted by atomic mass is 9.81. The summed E-state index contributed by atoms with van der Waals surface area (Å²) in [5.41, 5.74) is -0.385. The van der Waals surface area contributed by atoms with E-state index in [1.807, 2.05) is 0 Å². The molecule has 2 aromatic heterocycles. The van der Waals surface area contributed by atoms with Crippen LogP contribution in [0.4, 0.5) is 4.39 Å². The molecule has 0 aromatic carbocycles. The van der Waals surface area contributed by atoms with Crippen molar-refractivity contribution < 1.29 is 23.1 Å². The molecule has 1 unspecified atom stereocenters. The van der Waals surface area contributed by atoms with Gasteiger partial charge >= 0.3 is 0 Å². The van der Waals surface area contributed by atoms with Gasteiger partial charge in [-0.2, -0.15) is 0 Å². The summed E-state index contributed by atoms with van der Waals surface area (Å²) in [6, 6.07) is 6.40. The maximum atomic E-state index is 13.6. The molecule has 0 N–H and O–H groups in total. The molecule has 7 heteroatoms. The van der Waals surface area contributed by atoms with E-state index in [-0.39, 0.29) is 29.7 Å². The summed E-state index contributed by atoms with van der Waals surface area (Å²) in [5, 5.41) is 0. The Hall–Kier alpha value is -2.41. The van der Waals surface area contributed by atoms with E-state index in [1.54, 1.807) is 23.3 Å². The van der Waals surface area contributed by atoms with Crippen molar-refractivity contribution in [3.63, 3.8) is 0 Å². The van der Waals surface area contributed by atoms with E-state index in [0.29, 0.717) is 32.1 Å². The highest BCUT2D eigenvalue weighted by molar-refractivity contribution is 5.79. The third-order valence-electron chi connectivity index (χ3n) is 4.92. The second kappa shape index (κ2) is 6.48. The molecule has 2 fully saturated rings. The van der Waals surface area contributed by atoms with E-state index in [9.17, 15) is 9.18 Å². The molecule has 2 aliphatic rings. The number of aromatic nitrogens is 1. The number of furan rings is 1.